The van der Waals surface area contributed by atoms with Crippen molar-refractivity contribution in [3.63, 3.8) is 0 Å². The van der Waals surface area contributed by atoms with Gasteiger partial charge in [0.2, 0.25) is 0 Å². The number of amides is 1. The van der Waals surface area contributed by atoms with Crippen molar-refractivity contribution in [2.75, 3.05) is 11.5 Å². The molecule has 158 valence electrons. The van der Waals surface area contributed by atoms with E-state index in [-0.39, 0.29) is 10.0 Å². The van der Waals surface area contributed by atoms with Gasteiger partial charge in [0.1, 0.15) is 5.75 Å². The number of alkyl halides is 3. The van der Waals surface area contributed by atoms with Gasteiger partial charge in [-0.1, -0.05) is 50.0 Å². The molecule has 30 heavy (non-hydrogen) atoms. The molecule has 0 atom stereocenters. The average Bonchev–Trinajstić information content (AvgIpc) is 2.93. The average molecular weight is 516 g/mol. The van der Waals surface area contributed by atoms with Gasteiger partial charge in [0.25, 0.3) is 5.91 Å². The Morgan fingerprint density at radius 3 is 2.60 bits per heavy atom. The molecule has 0 bridgehead atoms. The van der Waals surface area contributed by atoms with Gasteiger partial charge in [-0.05, 0) is 63.8 Å². The summed E-state index contributed by atoms with van der Waals surface area (Å²) in [6, 6.07) is 9.98. The van der Waals surface area contributed by atoms with Crippen molar-refractivity contribution in [3.8, 4) is 5.75 Å². The van der Waals surface area contributed by atoms with E-state index in [1.54, 1.807) is 18.2 Å². The molecule has 1 aliphatic heterocycles. The smallest absolute Gasteiger partial charge is 0.416 e. The fraction of sp³-hybridized carbons (Fsp3) is 0.238. The van der Waals surface area contributed by atoms with Crippen LogP contribution in [0.15, 0.2) is 51.8 Å². The van der Waals surface area contributed by atoms with Crippen molar-refractivity contribution in [2.24, 2.45) is 5.92 Å². The minimum atomic E-state index is -4.50. The lowest BCUT2D eigenvalue weighted by molar-refractivity contribution is -0.137. The molecule has 0 saturated carbocycles. The lowest BCUT2D eigenvalue weighted by atomic mass is 10.1. The Morgan fingerprint density at radius 1 is 1.23 bits per heavy atom. The van der Waals surface area contributed by atoms with Crippen molar-refractivity contribution in [3.05, 3.63) is 63.0 Å². The van der Waals surface area contributed by atoms with Gasteiger partial charge in [-0.3, -0.25) is 9.69 Å². The minimum absolute atomic E-state index is 0.0920. The van der Waals surface area contributed by atoms with Crippen LogP contribution in [0.5, 0.6) is 5.75 Å². The van der Waals surface area contributed by atoms with Crippen LogP contribution in [-0.2, 0) is 11.0 Å². The number of benzene rings is 2. The fourth-order valence-corrected chi connectivity index (χ4v) is 4.45. The maximum atomic E-state index is 13.0. The predicted octanol–water partition coefficient (Wildman–Crippen LogP) is 6.91. The summed E-state index contributed by atoms with van der Waals surface area (Å²) in [4.78, 5) is 14.3. The summed E-state index contributed by atoms with van der Waals surface area (Å²) in [5, 5.41) is 0. The van der Waals surface area contributed by atoms with E-state index in [0.29, 0.717) is 23.2 Å². The van der Waals surface area contributed by atoms with Crippen molar-refractivity contribution in [1.82, 2.24) is 0 Å². The number of thioether (sulfide) groups is 1. The highest BCUT2D eigenvalue weighted by Gasteiger charge is 2.36. The number of rotatable bonds is 5. The second-order valence-electron chi connectivity index (χ2n) is 6.96. The van der Waals surface area contributed by atoms with Crippen LogP contribution in [0.25, 0.3) is 6.08 Å². The Hall–Kier alpha value is -1.84. The number of halogens is 4. The molecule has 3 nitrogen and oxygen atoms in total. The van der Waals surface area contributed by atoms with E-state index in [1.807, 2.05) is 6.07 Å². The molecule has 1 aliphatic rings. The third-order valence-electron chi connectivity index (χ3n) is 4.05. The number of hydrogen-bond acceptors (Lipinski definition) is 4. The number of nitrogens with zero attached hydrogens (tertiary/aromatic N) is 1. The van der Waals surface area contributed by atoms with E-state index >= 15 is 0 Å². The van der Waals surface area contributed by atoms with E-state index in [0.717, 1.165) is 38.8 Å². The zero-order chi connectivity index (χ0) is 22.1. The number of carbonyl (C=O) groups is 1. The third kappa shape index (κ3) is 5.25. The molecule has 1 heterocycles. The highest BCUT2D eigenvalue weighted by Crippen LogP contribution is 2.39. The second kappa shape index (κ2) is 9.11. The SMILES string of the molecule is CC(C)COc1ccc(/C=C2\SC(=S)N(c3cccc(C(F)(F)F)c3)C2=O)cc1Br. The topological polar surface area (TPSA) is 29.5 Å². The highest BCUT2D eigenvalue weighted by atomic mass is 79.9. The molecule has 2 aromatic rings. The number of anilines is 1. The lowest BCUT2D eigenvalue weighted by Gasteiger charge is -2.16. The molecule has 1 fully saturated rings. The van der Waals surface area contributed by atoms with Crippen molar-refractivity contribution in [2.45, 2.75) is 20.0 Å². The summed E-state index contributed by atoms with van der Waals surface area (Å²) in [5.41, 5.74) is -0.00315. The van der Waals surface area contributed by atoms with E-state index in [9.17, 15) is 18.0 Å². The van der Waals surface area contributed by atoms with E-state index in [2.05, 4.69) is 29.8 Å². The number of hydrogen-bond donors (Lipinski definition) is 0. The van der Waals surface area contributed by atoms with Crippen LogP contribution in [0.3, 0.4) is 0 Å². The summed E-state index contributed by atoms with van der Waals surface area (Å²) < 4.78 is 45.7. The van der Waals surface area contributed by atoms with Crippen LogP contribution in [0.2, 0.25) is 0 Å². The molecule has 2 aromatic carbocycles. The maximum absolute atomic E-state index is 13.0. The van der Waals surface area contributed by atoms with Crippen LogP contribution in [0.1, 0.15) is 25.0 Å². The summed E-state index contributed by atoms with van der Waals surface area (Å²) >= 11 is 9.76. The molecule has 0 spiro atoms. The monoisotopic (exact) mass is 515 g/mol. The van der Waals surface area contributed by atoms with Gasteiger partial charge >= 0.3 is 6.18 Å². The fourth-order valence-electron chi connectivity index (χ4n) is 2.64. The Morgan fingerprint density at radius 2 is 1.97 bits per heavy atom. The van der Waals surface area contributed by atoms with Crippen LogP contribution in [0.4, 0.5) is 18.9 Å². The van der Waals surface area contributed by atoms with E-state index in [4.69, 9.17) is 17.0 Å². The molecule has 0 N–H and O–H groups in total. The molecular weight excluding hydrogens is 499 g/mol. The van der Waals surface area contributed by atoms with Crippen molar-refractivity contribution in [1.29, 1.82) is 0 Å². The van der Waals surface area contributed by atoms with E-state index in [1.165, 1.54) is 12.1 Å². The molecule has 3 rings (SSSR count). The molecule has 0 aliphatic carbocycles. The zero-order valence-corrected chi connectivity index (χ0v) is 19.2. The highest BCUT2D eigenvalue weighted by molar-refractivity contribution is 9.10. The van der Waals surface area contributed by atoms with Gasteiger partial charge in [0.05, 0.1) is 27.2 Å². The lowest BCUT2D eigenvalue weighted by Crippen LogP contribution is -2.27. The van der Waals surface area contributed by atoms with Gasteiger partial charge in [0.15, 0.2) is 4.32 Å². The van der Waals surface area contributed by atoms with Crippen LogP contribution in [-0.4, -0.2) is 16.8 Å². The van der Waals surface area contributed by atoms with Crippen molar-refractivity contribution < 1.29 is 22.7 Å². The molecule has 0 radical (unpaired) electrons. The first-order valence-electron chi connectivity index (χ1n) is 8.94. The number of ether oxygens (including phenoxy) is 1. The summed E-state index contributed by atoms with van der Waals surface area (Å²) in [5.74, 6) is 0.618. The molecule has 0 unspecified atom stereocenters. The molecule has 9 heteroatoms. The Bertz CT molecular complexity index is 1020. The summed E-state index contributed by atoms with van der Waals surface area (Å²) in [6.45, 7) is 4.68. The Kier molecular flexibility index (Phi) is 6.94. The molecular formula is C21H17BrF3NO2S2. The third-order valence-corrected chi connectivity index (χ3v) is 5.97. The van der Waals surface area contributed by atoms with Gasteiger partial charge < -0.3 is 4.74 Å². The first kappa shape index (κ1) is 22.8. The summed E-state index contributed by atoms with van der Waals surface area (Å²) in [6.07, 6.45) is -2.85. The van der Waals surface area contributed by atoms with Crippen LogP contribution in [0, 0.1) is 5.92 Å². The summed E-state index contributed by atoms with van der Waals surface area (Å²) in [7, 11) is 0. The normalized spacial score (nSPS) is 16.1. The Labute approximate surface area is 190 Å². The second-order valence-corrected chi connectivity index (χ2v) is 9.49. The molecule has 0 aromatic heterocycles. The maximum Gasteiger partial charge on any atom is 0.416 e. The quantitative estimate of drug-likeness (QED) is 0.319. The molecule has 1 amide bonds. The first-order chi connectivity index (χ1) is 14.1. The predicted molar refractivity (Wildman–Crippen MR) is 122 cm³/mol. The van der Waals surface area contributed by atoms with Crippen molar-refractivity contribution >= 4 is 61.9 Å². The van der Waals surface area contributed by atoms with Gasteiger partial charge in [-0.15, -0.1) is 0 Å². The number of carbonyl (C=O) groups excluding carboxylic acids is 1. The van der Waals surface area contributed by atoms with Crippen LogP contribution >= 0.6 is 39.9 Å². The first-order valence-corrected chi connectivity index (χ1v) is 11.0. The molecule has 1 saturated heterocycles. The van der Waals surface area contributed by atoms with Gasteiger partial charge in [-0.2, -0.15) is 13.2 Å². The number of thiocarbonyl (C=S) groups is 1. The van der Waals surface area contributed by atoms with Crippen LogP contribution < -0.4 is 9.64 Å². The van der Waals surface area contributed by atoms with E-state index < -0.39 is 17.6 Å². The Balaban J connectivity index is 1.84. The standard InChI is InChI=1S/C21H17BrF3NO2S2/c1-12(2)11-28-17-7-6-13(8-16(17)22)9-18-19(27)26(20(29)30-18)15-5-3-4-14(10-15)21(23,24)25/h3-10,12H,11H2,1-2H3/b18-9-. The van der Waals surface area contributed by atoms with Gasteiger partial charge in [-0.25, -0.2) is 0 Å². The van der Waals surface area contributed by atoms with Gasteiger partial charge in [0, 0.05) is 0 Å². The minimum Gasteiger partial charge on any atom is -0.492 e. The largest absolute Gasteiger partial charge is 0.492 e. The zero-order valence-electron chi connectivity index (χ0n) is 16.0.